The van der Waals surface area contributed by atoms with E-state index in [-0.39, 0.29) is 0 Å². The van der Waals surface area contributed by atoms with Crippen molar-refractivity contribution < 1.29 is 14.3 Å². The van der Waals surface area contributed by atoms with Crippen LogP contribution in [0.1, 0.15) is 0 Å². The maximum absolute atomic E-state index is 8.00. The Bertz CT molecular complexity index is 213. The van der Waals surface area contributed by atoms with Crippen LogP contribution >= 0.6 is 11.6 Å². The molecule has 6 nitrogen and oxygen atoms in total. The minimum absolute atomic E-state index is 0.400. The molecule has 2 fully saturated rings. The maximum atomic E-state index is 8.00. The van der Waals surface area contributed by atoms with Crippen LogP contribution in [0, 0.1) is 0 Å². The van der Waals surface area contributed by atoms with Gasteiger partial charge < -0.3 is 24.6 Å². The number of nitrogens with zero attached hydrogens (tertiary/aromatic N) is 1. The van der Waals surface area contributed by atoms with E-state index < -0.39 is 0 Å². The highest BCUT2D eigenvalue weighted by Crippen LogP contribution is 2.08. The van der Waals surface area contributed by atoms with Gasteiger partial charge in [-0.3, -0.25) is 0 Å². The number of alkyl halides is 1. The van der Waals surface area contributed by atoms with Gasteiger partial charge in [-0.05, 0) is 0 Å². The van der Waals surface area contributed by atoms with E-state index in [2.05, 4.69) is 15.3 Å². The van der Waals surface area contributed by atoms with Crippen molar-refractivity contribution in [3.05, 3.63) is 18.7 Å². The van der Waals surface area contributed by atoms with Crippen molar-refractivity contribution in [2.45, 2.75) is 6.10 Å². The van der Waals surface area contributed by atoms with Crippen LogP contribution in [0.5, 0.6) is 0 Å². The molecular weight excluding hydrogens is 258 g/mol. The number of halogens is 1. The molecule has 3 heterocycles. The van der Waals surface area contributed by atoms with Gasteiger partial charge in [0, 0.05) is 25.5 Å². The van der Waals surface area contributed by atoms with Gasteiger partial charge in [-0.15, -0.1) is 11.6 Å². The number of aromatic amines is 1. The zero-order chi connectivity index (χ0) is 13.5. The van der Waals surface area contributed by atoms with E-state index in [1.807, 2.05) is 6.79 Å². The Hall–Kier alpha value is -0.950. The molecule has 2 aliphatic heterocycles. The number of carbonyl (C=O) groups is 1. The van der Waals surface area contributed by atoms with Crippen LogP contribution in [0.4, 0.5) is 0 Å². The zero-order valence-corrected chi connectivity index (χ0v) is 11.1. The summed E-state index contributed by atoms with van der Waals surface area (Å²) >= 11 is 5.27. The number of epoxide rings is 1. The Morgan fingerprint density at radius 3 is 2.17 bits per heavy atom. The van der Waals surface area contributed by atoms with E-state index in [1.165, 1.54) is 0 Å². The number of nitrogens with one attached hydrogen (secondary N) is 2. The number of hydrogen-bond donors (Lipinski definition) is 2. The molecule has 1 atom stereocenters. The maximum Gasteiger partial charge on any atom is 0.106 e. The molecule has 0 bridgehead atoms. The second kappa shape index (κ2) is 14.1. The predicted octanol–water partition coefficient (Wildman–Crippen LogP) is 0.455. The van der Waals surface area contributed by atoms with Crippen LogP contribution in [-0.4, -0.2) is 61.7 Å². The van der Waals surface area contributed by atoms with Crippen LogP contribution in [-0.2, 0) is 14.3 Å². The number of hydrogen-bond acceptors (Lipinski definition) is 5. The minimum Gasteiger partial charge on any atom is -0.379 e. The van der Waals surface area contributed by atoms with Crippen molar-refractivity contribution in [2.75, 3.05) is 38.8 Å². The molecule has 1 unspecified atom stereocenters. The molecule has 0 aromatic carbocycles. The van der Waals surface area contributed by atoms with Crippen LogP contribution in [0.15, 0.2) is 18.7 Å². The molecule has 2 saturated heterocycles. The van der Waals surface area contributed by atoms with Crippen molar-refractivity contribution >= 4 is 18.4 Å². The first-order chi connectivity index (χ1) is 8.93. The van der Waals surface area contributed by atoms with Crippen molar-refractivity contribution in [2.24, 2.45) is 0 Å². The normalized spacial score (nSPS) is 19.9. The molecule has 0 radical (unpaired) electrons. The molecule has 0 amide bonds. The summed E-state index contributed by atoms with van der Waals surface area (Å²) in [5, 5.41) is 3.16. The van der Waals surface area contributed by atoms with Crippen LogP contribution in [0.25, 0.3) is 0 Å². The van der Waals surface area contributed by atoms with Crippen molar-refractivity contribution in [3.8, 4) is 0 Å². The first kappa shape index (κ1) is 17.1. The summed E-state index contributed by atoms with van der Waals surface area (Å²) in [5.41, 5.74) is 0. The summed E-state index contributed by atoms with van der Waals surface area (Å²) in [7, 11) is 0. The molecular formula is C11H20ClN3O3. The summed E-state index contributed by atoms with van der Waals surface area (Å²) in [6.07, 6.45) is 5.48. The summed E-state index contributed by atoms with van der Waals surface area (Å²) in [5.74, 6) is 0.667. The lowest BCUT2D eigenvalue weighted by molar-refractivity contribution is -0.0979. The number of carbonyl (C=O) groups excluding carboxylic acids is 1. The molecule has 7 heteroatoms. The molecule has 1 aromatic heterocycles. The SMILES string of the molecule is C1COCCN1.C=O.ClCC1CO1.c1c[nH]cn1. The standard InChI is InChI=1S/C4H9NO.C3H5ClO.C3H4N2.CH2O/c1-3-6-4-2-5-1;4-1-3-2-5-3;1-2-5-3-4-1;1-2/h5H,1-4H2;3H,1-2H2;1-3H,(H,4,5);1H2. The number of morpholine rings is 1. The Morgan fingerprint density at radius 2 is 2.06 bits per heavy atom. The predicted molar refractivity (Wildman–Crippen MR) is 69.9 cm³/mol. The van der Waals surface area contributed by atoms with Gasteiger partial charge in [0.25, 0.3) is 0 Å². The fourth-order valence-corrected chi connectivity index (χ4v) is 1.07. The van der Waals surface area contributed by atoms with Crippen LogP contribution in [0.2, 0.25) is 0 Å². The van der Waals surface area contributed by atoms with E-state index in [4.69, 9.17) is 25.9 Å². The van der Waals surface area contributed by atoms with Crippen LogP contribution < -0.4 is 5.32 Å². The summed E-state index contributed by atoms with van der Waals surface area (Å²) in [4.78, 5) is 14.4. The molecule has 0 aliphatic carbocycles. The van der Waals surface area contributed by atoms with E-state index in [9.17, 15) is 0 Å². The molecule has 1 aromatic rings. The molecule has 0 spiro atoms. The topological polar surface area (TPSA) is 79.5 Å². The highest BCUT2D eigenvalue weighted by molar-refractivity contribution is 6.18. The number of ether oxygens (including phenoxy) is 2. The largest absolute Gasteiger partial charge is 0.379 e. The summed E-state index contributed by atoms with van der Waals surface area (Å²) in [6, 6.07) is 0. The quantitative estimate of drug-likeness (QED) is 0.576. The second-order valence-electron chi connectivity index (χ2n) is 3.23. The van der Waals surface area contributed by atoms with Gasteiger partial charge in [0.1, 0.15) is 6.79 Å². The van der Waals surface area contributed by atoms with Crippen molar-refractivity contribution in [1.82, 2.24) is 15.3 Å². The Balaban J connectivity index is 0.000000226. The Labute approximate surface area is 112 Å². The lowest BCUT2D eigenvalue weighted by atomic mass is 10.5. The monoisotopic (exact) mass is 277 g/mol. The minimum atomic E-state index is 0.400. The highest BCUT2D eigenvalue weighted by Gasteiger charge is 2.19. The summed E-state index contributed by atoms with van der Waals surface area (Å²) < 4.78 is 9.73. The smallest absolute Gasteiger partial charge is 0.106 e. The van der Waals surface area contributed by atoms with Gasteiger partial charge >= 0.3 is 0 Å². The number of imidazole rings is 1. The van der Waals surface area contributed by atoms with Crippen molar-refractivity contribution in [1.29, 1.82) is 0 Å². The first-order valence-electron chi connectivity index (χ1n) is 5.61. The van der Waals surface area contributed by atoms with Gasteiger partial charge in [-0.2, -0.15) is 0 Å². The lowest BCUT2D eigenvalue weighted by Gasteiger charge is -2.10. The molecule has 18 heavy (non-hydrogen) atoms. The van der Waals surface area contributed by atoms with E-state index in [0.29, 0.717) is 12.0 Å². The van der Waals surface area contributed by atoms with Crippen LogP contribution in [0.3, 0.4) is 0 Å². The van der Waals surface area contributed by atoms with E-state index >= 15 is 0 Å². The Kier molecular flexibility index (Phi) is 13.4. The third kappa shape index (κ3) is 13.1. The zero-order valence-electron chi connectivity index (χ0n) is 10.3. The molecule has 2 aliphatic rings. The summed E-state index contributed by atoms with van der Waals surface area (Å²) in [6.45, 7) is 6.71. The third-order valence-electron chi connectivity index (χ3n) is 1.83. The van der Waals surface area contributed by atoms with Gasteiger partial charge in [-0.25, -0.2) is 4.98 Å². The van der Waals surface area contributed by atoms with Gasteiger partial charge in [0.2, 0.25) is 0 Å². The van der Waals surface area contributed by atoms with Gasteiger partial charge in [-0.1, -0.05) is 0 Å². The van der Waals surface area contributed by atoms with Gasteiger partial charge in [0.05, 0.1) is 38.1 Å². The van der Waals surface area contributed by atoms with Crippen molar-refractivity contribution in [3.63, 3.8) is 0 Å². The van der Waals surface area contributed by atoms with Gasteiger partial charge in [0.15, 0.2) is 0 Å². The number of rotatable bonds is 1. The average molecular weight is 278 g/mol. The number of aromatic nitrogens is 2. The number of H-pyrrole nitrogens is 1. The fraction of sp³-hybridized carbons (Fsp3) is 0.636. The first-order valence-corrected chi connectivity index (χ1v) is 6.14. The average Bonchev–Trinajstić information content (AvgIpc) is 3.14. The molecule has 104 valence electrons. The van der Waals surface area contributed by atoms with E-state index in [0.717, 1.165) is 32.9 Å². The Morgan fingerprint density at radius 1 is 1.39 bits per heavy atom. The fourth-order valence-electron chi connectivity index (χ4n) is 0.888. The molecule has 3 rings (SSSR count). The lowest BCUT2D eigenvalue weighted by Crippen LogP contribution is -2.30. The molecule has 0 saturated carbocycles. The second-order valence-corrected chi connectivity index (χ2v) is 3.54. The molecule has 2 N–H and O–H groups in total. The van der Waals surface area contributed by atoms with E-state index in [1.54, 1.807) is 18.7 Å². The third-order valence-corrected chi connectivity index (χ3v) is 2.17. The highest BCUT2D eigenvalue weighted by atomic mass is 35.5.